The van der Waals surface area contributed by atoms with Gasteiger partial charge >= 0.3 is 7.60 Å². The predicted octanol–water partition coefficient (Wildman–Crippen LogP) is 3.50. The lowest BCUT2D eigenvalue weighted by molar-refractivity contribution is -0.123. The van der Waals surface area contributed by atoms with Crippen molar-refractivity contribution in [2.24, 2.45) is 16.1 Å². The first-order valence-electron chi connectivity index (χ1n) is 9.41. The highest BCUT2D eigenvalue weighted by Gasteiger charge is 2.16. The van der Waals surface area contributed by atoms with Gasteiger partial charge in [-0.25, -0.2) is 0 Å². The highest BCUT2D eigenvalue weighted by atomic mass is 31.2. The van der Waals surface area contributed by atoms with E-state index in [0.29, 0.717) is 24.5 Å². The second-order valence-electron chi connectivity index (χ2n) is 6.81. The first-order valence-corrected chi connectivity index (χ1v) is 11.0. The minimum absolute atomic E-state index is 0.0305. The van der Waals surface area contributed by atoms with Crippen LogP contribution in [0.4, 0.5) is 17.1 Å². The van der Waals surface area contributed by atoms with Crippen LogP contribution in [0, 0.1) is 5.92 Å². The van der Waals surface area contributed by atoms with Gasteiger partial charge in [-0.1, -0.05) is 19.9 Å². The topological polar surface area (TPSA) is 115 Å². The van der Waals surface area contributed by atoms with Crippen LogP contribution in [0.15, 0.2) is 58.8 Å². The van der Waals surface area contributed by atoms with Crippen LogP contribution in [-0.2, 0) is 9.36 Å². The third kappa shape index (κ3) is 7.09. The molecule has 0 saturated heterocycles. The lowest BCUT2D eigenvalue weighted by Gasteiger charge is -2.23. The fourth-order valence-electron chi connectivity index (χ4n) is 2.57. The van der Waals surface area contributed by atoms with Crippen LogP contribution < -0.4 is 15.5 Å². The monoisotopic (exact) mass is 418 g/mol. The van der Waals surface area contributed by atoms with Crippen LogP contribution in [0.1, 0.15) is 20.8 Å². The van der Waals surface area contributed by atoms with Crippen LogP contribution in [0.5, 0.6) is 0 Å². The van der Waals surface area contributed by atoms with Gasteiger partial charge in [0.1, 0.15) is 0 Å². The summed E-state index contributed by atoms with van der Waals surface area (Å²) in [6.07, 6.45) is 0. The van der Waals surface area contributed by atoms with E-state index in [1.165, 1.54) is 18.2 Å². The van der Waals surface area contributed by atoms with E-state index in [-0.39, 0.29) is 17.1 Å². The van der Waals surface area contributed by atoms with E-state index in [9.17, 15) is 19.1 Å². The van der Waals surface area contributed by atoms with Gasteiger partial charge in [0.25, 0.3) is 0 Å². The summed E-state index contributed by atoms with van der Waals surface area (Å²) in [7, 11) is -4.32. The Hall–Kier alpha value is -2.54. The van der Waals surface area contributed by atoms with Crippen molar-refractivity contribution >= 4 is 35.9 Å². The average molecular weight is 418 g/mol. The number of hydrogen-bond donors (Lipinski definition) is 3. The van der Waals surface area contributed by atoms with Crippen LogP contribution in [0.3, 0.4) is 0 Å². The molecule has 0 atom stereocenters. The van der Waals surface area contributed by atoms with Gasteiger partial charge in [0.15, 0.2) is 0 Å². The molecule has 2 rings (SSSR count). The maximum absolute atomic E-state index is 11.7. The van der Waals surface area contributed by atoms with Crippen LogP contribution >= 0.6 is 7.60 Å². The molecule has 0 aromatic heterocycles. The number of carbonyl (C=O) groups excluding carboxylic acids is 1. The number of anilines is 1. The number of nitrogens with one attached hydrogen (secondary N) is 1. The summed E-state index contributed by atoms with van der Waals surface area (Å²) in [6.45, 7) is 7.85. The standard InChI is InChI=1S/C20H27N4O4P/c1-4-24(13-12-21-20(25)15(2)3)18-10-8-16(9-11-18)22-23-17-6-5-7-19(14-17)29(26,27)28/h5-11,14-15H,4,12-13H2,1-3H3,(H,21,25)(H2,26,27,28). The van der Waals surface area contributed by atoms with Gasteiger partial charge in [-0.2, -0.15) is 10.2 Å². The molecule has 0 radical (unpaired) electrons. The largest absolute Gasteiger partial charge is 0.370 e. The number of likely N-dealkylation sites (N-methyl/N-ethyl adjacent to an activating group) is 1. The second-order valence-corrected chi connectivity index (χ2v) is 8.41. The second kappa shape index (κ2) is 10.3. The lowest BCUT2D eigenvalue weighted by atomic mass is 10.2. The van der Waals surface area contributed by atoms with Crippen molar-refractivity contribution in [1.29, 1.82) is 0 Å². The molecule has 156 valence electrons. The average Bonchev–Trinajstić information content (AvgIpc) is 2.69. The minimum Gasteiger partial charge on any atom is -0.370 e. The summed E-state index contributed by atoms with van der Waals surface area (Å²) in [5, 5.41) is 11.0. The Morgan fingerprint density at radius 3 is 2.34 bits per heavy atom. The Balaban J connectivity index is 2.01. The summed E-state index contributed by atoms with van der Waals surface area (Å²) < 4.78 is 11.3. The molecule has 3 N–H and O–H groups in total. The fraction of sp³-hybridized carbons (Fsp3) is 0.350. The Labute approximate surface area is 170 Å². The molecule has 2 aromatic carbocycles. The van der Waals surface area contributed by atoms with Crippen LogP contribution in [-0.4, -0.2) is 35.3 Å². The van der Waals surface area contributed by atoms with Gasteiger partial charge in [0, 0.05) is 31.2 Å². The Morgan fingerprint density at radius 2 is 1.76 bits per heavy atom. The van der Waals surface area contributed by atoms with Crippen molar-refractivity contribution in [3.05, 3.63) is 48.5 Å². The number of amides is 1. The zero-order valence-electron chi connectivity index (χ0n) is 16.8. The van der Waals surface area contributed by atoms with E-state index in [1.807, 2.05) is 45.0 Å². The fourth-order valence-corrected chi connectivity index (χ4v) is 3.15. The van der Waals surface area contributed by atoms with Gasteiger partial charge < -0.3 is 20.0 Å². The molecule has 0 aliphatic heterocycles. The normalized spacial score (nSPS) is 11.8. The van der Waals surface area contributed by atoms with Crippen LogP contribution in [0.2, 0.25) is 0 Å². The lowest BCUT2D eigenvalue weighted by Crippen LogP contribution is -2.36. The molecule has 0 fully saturated rings. The van der Waals surface area contributed by atoms with Crippen molar-refractivity contribution < 1.29 is 19.1 Å². The number of nitrogens with zero attached hydrogens (tertiary/aromatic N) is 3. The first kappa shape index (κ1) is 22.7. The summed E-state index contributed by atoms with van der Waals surface area (Å²) >= 11 is 0. The van der Waals surface area contributed by atoms with E-state index >= 15 is 0 Å². The van der Waals surface area contributed by atoms with E-state index in [1.54, 1.807) is 6.07 Å². The van der Waals surface area contributed by atoms with Crippen molar-refractivity contribution in [3.8, 4) is 0 Å². The quantitative estimate of drug-likeness (QED) is 0.426. The van der Waals surface area contributed by atoms with E-state index in [4.69, 9.17) is 0 Å². The van der Waals surface area contributed by atoms with Gasteiger partial charge in [-0.3, -0.25) is 9.36 Å². The zero-order valence-corrected chi connectivity index (χ0v) is 17.7. The van der Waals surface area contributed by atoms with E-state index in [2.05, 4.69) is 20.4 Å². The Bertz CT molecular complexity index is 894. The maximum atomic E-state index is 11.7. The SMILES string of the molecule is CCN(CCNC(=O)C(C)C)c1ccc(N=Nc2cccc(P(=O)(O)O)c2)cc1. The first-order chi connectivity index (χ1) is 13.7. The van der Waals surface area contributed by atoms with Crippen molar-refractivity contribution in [3.63, 3.8) is 0 Å². The van der Waals surface area contributed by atoms with Crippen molar-refractivity contribution in [2.45, 2.75) is 20.8 Å². The van der Waals surface area contributed by atoms with Crippen molar-refractivity contribution in [1.82, 2.24) is 5.32 Å². The minimum atomic E-state index is -4.32. The summed E-state index contributed by atoms with van der Waals surface area (Å²) in [5.74, 6) is 0.0109. The number of azo groups is 1. The molecular weight excluding hydrogens is 391 g/mol. The summed E-state index contributed by atoms with van der Waals surface area (Å²) in [5.41, 5.74) is 2.00. The maximum Gasteiger partial charge on any atom is 0.356 e. The smallest absolute Gasteiger partial charge is 0.356 e. The van der Waals surface area contributed by atoms with E-state index in [0.717, 1.165) is 12.2 Å². The van der Waals surface area contributed by atoms with Crippen LogP contribution in [0.25, 0.3) is 0 Å². The van der Waals surface area contributed by atoms with Gasteiger partial charge in [-0.05, 0) is 49.4 Å². The molecule has 0 saturated carbocycles. The number of carbonyl (C=O) groups is 1. The third-order valence-electron chi connectivity index (χ3n) is 4.25. The molecule has 8 nitrogen and oxygen atoms in total. The molecule has 0 unspecified atom stereocenters. The molecule has 0 spiro atoms. The van der Waals surface area contributed by atoms with E-state index < -0.39 is 7.60 Å². The highest BCUT2D eigenvalue weighted by Crippen LogP contribution is 2.34. The van der Waals surface area contributed by atoms with Gasteiger partial charge in [0.05, 0.1) is 16.7 Å². The molecule has 2 aromatic rings. The van der Waals surface area contributed by atoms with Crippen molar-refractivity contribution in [2.75, 3.05) is 24.5 Å². The Kier molecular flexibility index (Phi) is 8.08. The summed E-state index contributed by atoms with van der Waals surface area (Å²) in [4.78, 5) is 32.3. The molecular formula is C20H27N4O4P. The molecule has 9 heteroatoms. The zero-order chi connectivity index (χ0) is 21.4. The molecule has 0 aliphatic rings. The Morgan fingerprint density at radius 1 is 1.10 bits per heavy atom. The molecule has 0 aliphatic carbocycles. The molecule has 29 heavy (non-hydrogen) atoms. The molecule has 0 bridgehead atoms. The number of rotatable bonds is 9. The van der Waals surface area contributed by atoms with Gasteiger partial charge in [0.2, 0.25) is 5.91 Å². The third-order valence-corrected chi connectivity index (χ3v) is 5.20. The van der Waals surface area contributed by atoms with Gasteiger partial charge in [-0.15, -0.1) is 0 Å². The predicted molar refractivity (Wildman–Crippen MR) is 114 cm³/mol. The highest BCUT2D eigenvalue weighted by molar-refractivity contribution is 7.60. The number of benzene rings is 2. The summed E-state index contributed by atoms with van der Waals surface area (Å²) in [6, 6.07) is 13.3. The molecule has 1 amide bonds. The number of hydrogen-bond acceptors (Lipinski definition) is 5. The molecule has 0 heterocycles.